The highest BCUT2D eigenvalue weighted by Gasteiger charge is 2.27. The minimum atomic E-state index is -0.600. The summed E-state index contributed by atoms with van der Waals surface area (Å²) in [6.07, 6.45) is 2.05. The van der Waals surface area contributed by atoms with Crippen LogP contribution in [0.1, 0.15) is 35.8 Å². The number of carbonyl (C=O) groups is 1. The number of phenolic OH excluding ortho intramolecular Hbond substituents is 1. The van der Waals surface area contributed by atoms with E-state index in [1.165, 1.54) is 12.1 Å². The lowest BCUT2D eigenvalue weighted by atomic mass is 10.0. The Morgan fingerprint density at radius 1 is 1.38 bits per heavy atom. The molecule has 2 aromatic heterocycles. The molecule has 1 atom stereocenters. The molecule has 1 unspecified atom stereocenters. The summed E-state index contributed by atoms with van der Waals surface area (Å²) < 4.78 is 14.4. The van der Waals surface area contributed by atoms with E-state index in [2.05, 4.69) is 27.4 Å². The van der Waals surface area contributed by atoms with Gasteiger partial charge in [0.1, 0.15) is 11.6 Å². The molecule has 8 heteroatoms. The molecule has 1 aliphatic heterocycles. The molecule has 0 aliphatic carbocycles. The molecule has 152 valence electrons. The summed E-state index contributed by atoms with van der Waals surface area (Å²) in [5.74, 6) is -0.870. The molecule has 1 fully saturated rings. The van der Waals surface area contributed by atoms with Crippen molar-refractivity contribution >= 4 is 16.9 Å². The number of H-pyrrole nitrogens is 1. The zero-order valence-corrected chi connectivity index (χ0v) is 16.5. The molecule has 0 spiro atoms. The molecule has 3 aromatic rings. The Kier molecular flexibility index (Phi) is 5.19. The zero-order chi connectivity index (χ0) is 20.5. The highest BCUT2D eigenvalue weighted by Crippen LogP contribution is 2.30. The number of halogens is 1. The van der Waals surface area contributed by atoms with Crippen molar-refractivity contribution in [2.45, 2.75) is 32.7 Å². The predicted octanol–water partition coefficient (Wildman–Crippen LogP) is 2.99. The van der Waals surface area contributed by atoms with Gasteiger partial charge in [0.25, 0.3) is 5.91 Å². The average molecular weight is 397 g/mol. The van der Waals surface area contributed by atoms with E-state index in [9.17, 15) is 14.3 Å². The van der Waals surface area contributed by atoms with Crippen LogP contribution in [0.4, 0.5) is 4.39 Å². The van der Waals surface area contributed by atoms with Crippen LogP contribution in [0.15, 0.2) is 24.3 Å². The largest absolute Gasteiger partial charge is 0.508 e. The predicted molar refractivity (Wildman–Crippen MR) is 108 cm³/mol. The molecule has 7 nitrogen and oxygen atoms in total. The third-order valence-electron chi connectivity index (χ3n) is 5.35. The maximum Gasteiger partial charge on any atom is 0.254 e. The van der Waals surface area contributed by atoms with Gasteiger partial charge >= 0.3 is 0 Å². The van der Waals surface area contributed by atoms with Crippen molar-refractivity contribution in [1.29, 1.82) is 0 Å². The van der Waals surface area contributed by atoms with Gasteiger partial charge < -0.3 is 15.3 Å². The first-order chi connectivity index (χ1) is 14.0. The molecule has 1 aromatic carbocycles. The van der Waals surface area contributed by atoms with E-state index in [1.54, 1.807) is 6.07 Å². The Balaban J connectivity index is 1.78. The second-order valence-corrected chi connectivity index (χ2v) is 7.44. The number of hydrogen-bond donors (Lipinski definition) is 3. The van der Waals surface area contributed by atoms with Crippen molar-refractivity contribution in [3.05, 3.63) is 41.3 Å². The van der Waals surface area contributed by atoms with Gasteiger partial charge in [-0.3, -0.25) is 9.89 Å². The van der Waals surface area contributed by atoms with Crippen molar-refractivity contribution in [3.63, 3.8) is 0 Å². The van der Waals surface area contributed by atoms with E-state index >= 15 is 0 Å². The number of aromatic hydroxyl groups is 1. The van der Waals surface area contributed by atoms with Crippen LogP contribution in [0.3, 0.4) is 0 Å². The van der Waals surface area contributed by atoms with Crippen LogP contribution in [0.25, 0.3) is 22.3 Å². The number of fused-ring (bicyclic) bond motifs is 1. The van der Waals surface area contributed by atoms with E-state index in [1.807, 2.05) is 11.8 Å². The van der Waals surface area contributed by atoms with Crippen molar-refractivity contribution < 1.29 is 14.3 Å². The van der Waals surface area contributed by atoms with E-state index < -0.39 is 5.82 Å². The Morgan fingerprint density at radius 3 is 2.97 bits per heavy atom. The van der Waals surface area contributed by atoms with Crippen molar-refractivity contribution in [3.8, 4) is 17.0 Å². The van der Waals surface area contributed by atoms with Gasteiger partial charge in [-0.2, -0.15) is 5.10 Å². The Morgan fingerprint density at radius 2 is 2.21 bits per heavy atom. The van der Waals surface area contributed by atoms with E-state index in [-0.39, 0.29) is 23.3 Å². The SMILES string of the molecule is CCCC1CN(C(=O)c2cc(-c3ccc(O)cc3F)nc3[nH]nc(C)c23)CCN1. The van der Waals surface area contributed by atoms with Gasteiger partial charge in [-0.05, 0) is 31.5 Å². The minimum Gasteiger partial charge on any atom is -0.508 e. The monoisotopic (exact) mass is 397 g/mol. The second-order valence-electron chi connectivity index (χ2n) is 7.44. The number of aryl methyl sites for hydroxylation is 1. The fraction of sp³-hybridized carbons (Fsp3) is 0.381. The molecule has 29 heavy (non-hydrogen) atoms. The number of pyridine rings is 1. The van der Waals surface area contributed by atoms with Crippen LogP contribution in [-0.4, -0.2) is 56.8 Å². The van der Waals surface area contributed by atoms with E-state index in [0.29, 0.717) is 41.1 Å². The lowest BCUT2D eigenvalue weighted by Gasteiger charge is -2.34. The van der Waals surface area contributed by atoms with Crippen LogP contribution in [-0.2, 0) is 0 Å². The lowest BCUT2D eigenvalue weighted by Crippen LogP contribution is -2.52. The van der Waals surface area contributed by atoms with Crippen LogP contribution >= 0.6 is 0 Å². The Bertz CT molecular complexity index is 1060. The summed E-state index contributed by atoms with van der Waals surface area (Å²) in [5.41, 5.74) is 2.11. The van der Waals surface area contributed by atoms with Gasteiger partial charge in [-0.1, -0.05) is 13.3 Å². The summed E-state index contributed by atoms with van der Waals surface area (Å²) in [7, 11) is 0. The Labute approximate surface area is 167 Å². The quantitative estimate of drug-likeness (QED) is 0.629. The molecule has 3 N–H and O–H groups in total. The smallest absolute Gasteiger partial charge is 0.254 e. The number of nitrogens with zero attached hydrogens (tertiary/aromatic N) is 3. The number of aromatic nitrogens is 3. The van der Waals surface area contributed by atoms with Crippen molar-refractivity contribution in [2.24, 2.45) is 0 Å². The van der Waals surface area contributed by atoms with Gasteiger partial charge in [0.05, 0.1) is 22.3 Å². The number of carbonyl (C=O) groups excluding carboxylic acids is 1. The number of aromatic amines is 1. The first-order valence-corrected chi connectivity index (χ1v) is 9.85. The van der Waals surface area contributed by atoms with E-state index in [0.717, 1.165) is 25.5 Å². The maximum atomic E-state index is 14.4. The molecular weight excluding hydrogens is 373 g/mol. The zero-order valence-electron chi connectivity index (χ0n) is 16.5. The highest BCUT2D eigenvalue weighted by molar-refractivity contribution is 6.07. The fourth-order valence-corrected chi connectivity index (χ4v) is 3.93. The standard InChI is InChI=1S/C21H24FN5O2/c1-3-4-13-11-27(8-7-23-13)21(29)16-10-18(15-6-5-14(28)9-17(15)22)24-20-19(16)12(2)25-26-20/h5-6,9-10,13,23,28H,3-4,7-8,11H2,1-2H3,(H,24,25,26). The summed E-state index contributed by atoms with van der Waals surface area (Å²) >= 11 is 0. The number of phenols is 1. The average Bonchev–Trinajstić information content (AvgIpc) is 3.08. The molecule has 0 saturated carbocycles. The fourth-order valence-electron chi connectivity index (χ4n) is 3.93. The third-order valence-corrected chi connectivity index (χ3v) is 5.35. The molecule has 1 aliphatic rings. The molecule has 4 rings (SSSR count). The van der Waals surface area contributed by atoms with Gasteiger partial charge in [0.2, 0.25) is 0 Å². The first-order valence-electron chi connectivity index (χ1n) is 9.85. The van der Waals surface area contributed by atoms with Gasteiger partial charge in [0, 0.05) is 37.3 Å². The molecule has 0 bridgehead atoms. The number of amides is 1. The molecule has 3 heterocycles. The molecule has 1 amide bonds. The first kappa shape index (κ1) is 19.3. The topological polar surface area (TPSA) is 94.1 Å². The van der Waals surface area contributed by atoms with Gasteiger partial charge in [-0.25, -0.2) is 9.37 Å². The van der Waals surface area contributed by atoms with Gasteiger partial charge in [0.15, 0.2) is 5.65 Å². The molecule has 1 saturated heterocycles. The number of benzene rings is 1. The molecular formula is C21H24FN5O2. The van der Waals surface area contributed by atoms with Crippen LogP contribution in [0.2, 0.25) is 0 Å². The number of piperazine rings is 1. The second kappa shape index (κ2) is 7.79. The van der Waals surface area contributed by atoms with Crippen LogP contribution < -0.4 is 5.32 Å². The van der Waals surface area contributed by atoms with Gasteiger partial charge in [-0.15, -0.1) is 0 Å². The summed E-state index contributed by atoms with van der Waals surface area (Å²) in [4.78, 5) is 19.7. The lowest BCUT2D eigenvalue weighted by molar-refractivity contribution is 0.0701. The minimum absolute atomic E-state index is 0.107. The third kappa shape index (κ3) is 3.67. The van der Waals surface area contributed by atoms with Crippen LogP contribution in [0.5, 0.6) is 5.75 Å². The maximum absolute atomic E-state index is 14.4. The number of hydrogen-bond acceptors (Lipinski definition) is 5. The number of rotatable bonds is 4. The van der Waals surface area contributed by atoms with E-state index in [4.69, 9.17) is 0 Å². The normalized spacial score (nSPS) is 17.1. The summed E-state index contributed by atoms with van der Waals surface area (Å²) in [6, 6.07) is 5.79. The summed E-state index contributed by atoms with van der Waals surface area (Å²) in [5, 5.41) is 20.6. The number of nitrogens with one attached hydrogen (secondary N) is 2. The molecule has 0 radical (unpaired) electrons. The summed E-state index contributed by atoms with van der Waals surface area (Å²) in [6.45, 7) is 5.94. The Hall–Kier alpha value is -3.00. The van der Waals surface area contributed by atoms with Crippen molar-refractivity contribution in [1.82, 2.24) is 25.4 Å². The van der Waals surface area contributed by atoms with Crippen molar-refractivity contribution in [2.75, 3.05) is 19.6 Å². The van der Waals surface area contributed by atoms with Crippen LogP contribution in [0, 0.1) is 12.7 Å². The highest BCUT2D eigenvalue weighted by atomic mass is 19.1.